The Kier molecular flexibility index (Phi) is 4.09. The molecule has 0 saturated heterocycles. The van der Waals surface area contributed by atoms with E-state index in [0.717, 1.165) is 25.0 Å². The molecule has 2 aromatic heterocycles. The first-order valence-corrected chi connectivity index (χ1v) is 8.53. The van der Waals surface area contributed by atoms with E-state index >= 15 is 0 Å². The van der Waals surface area contributed by atoms with E-state index in [1.54, 1.807) is 0 Å². The van der Waals surface area contributed by atoms with Crippen molar-refractivity contribution in [1.82, 2.24) is 15.2 Å². The van der Waals surface area contributed by atoms with E-state index < -0.39 is 17.7 Å². The minimum absolute atomic E-state index is 0.0181. The van der Waals surface area contributed by atoms with Crippen LogP contribution in [0.2, 0.25) is 0 Å². The normalized spacial score (nSPS) is 14.8. The number of hydrogen-bond donors (Lipinski definition) is 1. The van der Waals surface area contributed by atoms with Crippen LogP contribution in [0.5, 0.6) is 0 Å². The van der Waals surface area contributed by atoms with Gasteiger partial charge in [-0.15, -0.1) is 10.2 Å². The molecule has 136 valence electrons. The maximum absolute atomic E-state index is 14.1. The summed E-state index contributed by atoms with van der Waals surface area (Å²) in [5.41, 5.74) is -1.47. The molecule has 4 rings (SSSR count). The predicted octanol–water partition coefficient (Wildman–Crippen LogP) is 5.03. The molecule has 0 unspecified atom stereocenters. The fourth-order valence-corrected chi connectivity index (χ4v) is 2.98. The minimum atomic E-state index is -4.70. The van der Waals surface area contributed by atoms with E-state index in [1.807, 2.05) is 0 Å². The van der Waals surface area contributed by atoms with Crippen LogP contribution in [0, 0.1) is 5.82 Å². The second-order valence-corrected chi connectivity index (χ2v) is 6.91. The molecule has 10 heteroatoms. The van der Waals surface area contributed by atoms with E-state index in [4.69, 9.17) is 4.42 Å². The number of aromatic nitrogens is 3. The maximum atomic E-state index is 14.1. The van der Waals surface area contributed by atoms with Gasteiger partial charge in [-0.3, -0.25) is 0 Å². The van der Waals surface area contributed by atoms with Gasteiger partial charge in [0.05, 0.1) is 6.54 Å². The maximum Gasteiger partial charge on any atom is 0.433 e. The van der Waals surface area contributed by atoms with Gasteiger partial charge in [0.1, 0.15) is 11.2 Å². The Balaban J connectivity index is 1.71. The fourth-order valence-electron chi connectivity index (χ4n) is 2.55. The third kappa shape index (κ3) is 3.37. The lowest BCUT2D eigenvalue weighted by molar-refractivity contribution is -0.140. The van der Waals surface area contributed by atoms with Crippen molar-refractivity contribution in [3.8, 4) is 0 Å². The highest BCUT2D eigenvalue weighted by Gasteiger charge is 2.34. The van der Waals surface area contributed by atoms with Crippen LogP contribution in [0.15, 0.2) is 27.1 Å². The summed E-state index contributed by atoms with van der Waals surface area (Å²) in [5, 5.41) is 10.8. The third-order valence-electron chi connectivity index (χ3n) is 3.96. The van der Waals surface area contributed by atoms with Crippen molar-refractivity contribution >= 4 is 32.5 Å². The summed E-state index contributed by atoms with van der Waals surface area (Å²) in [6, 6.07) is 3.41. The van der Waals surface area contributed by atoms with Crippen molar-refractivity contribution in [1.29, 1.82) is 0 Å². The topological polar surface area (TPSA) is 63.8 Å². The van der Waals surface area contributed by atoms with Gasteiger partial charge >= 0.3 is 6.18 Å². The van der Waals surface area contributed by atoms with Gasteiger partial charge in [0.2, 0.25) is 11.8 Å². The van der Waals surface area contributed by atoms with Gasteiger partial charge < -0.3 is 9.73 Å². The average Bonchev–Trinajstić information content (AvgIpc) is 3.30. The van der Waals surface area contributed by atoms with E-state index in [1.165, 1.54) is 6.07 Å². The van der Waals surface area contributed by atoms with Gasteiger partial charge in [-0.25, -0.2) is 9.37 Å². The zero-order valence-corrected chi connectivity index (χ0v) is 14.7. The van der Waals surface area contributed by atoms with E-state index in [2.05, 4.69) is 36.4 Å². The van der Waals surface area contributed by atoms with Crippen molar-refractivity contribution in [2.45, 2.75) is 31.5 Å². The Hall–Kier alpha value is -2.23. The quantitative estimate of drug-likeness (QED) is 0.588. The number of halogens is 5. The first-order chi connectivity index (χ1) is 12.3. The van der Waals surface area contributed by atoms with Gasteiger partial charge in [-0.05, 0) is 31.0 Å². The van der Waals surface area contributed by atoms with Gasteiger partial charge in [0.25, 0.3) is 0 Å². The molecule has 0 radical (unpaired) electrons. The van der Waals surface area contributed by atoms with Crippen LogP contribution >= 0.6 is 15.9 Å². The molecule has 3 aromatic rings. The lowest BCUT2D eigenvalue weighted by atomic mass is 10.1. The van der Waals surface area contributed by atoms with Gasteiger partial charge in [-0.1, -0.05) is 15.9 Å². The van der Waals surface area contributed by atoms with Crippen LogP contribution in [-0.4, -0.2) is 15.2 Å². The number of hydrogen-bond acceptors (Lipinski definition) is 5. The number of pyridine rings is 1. The van der Waals surface area contributed by atoms with Gasteiger partial charge in [0.15, 0.2) is 5.82 Å². The molecule has 1 aliphatic carbocycles. The van der Waals surface area contributed by atoms with Crippen molar-refractivity contribution in [2.75, 3.05) is 5.32 Å². The molecule has 1 aromatic carbocycles. The Morgan fingerprint density at radius 3 is 2.65 bits per heavy atom. The van der Waals surface area contributed by atoms with Gasteiger partial charge in [-0.2, -0.15) is 13.2 Å². The van der Waals surface area contributed by atoms with Crippen LogP contribution in [0.1, 0.15) is 36.2 Å². The molecule has 26 heavy (non-hydrogen) atoms. The predicted molar refractivity (Wildman–Crippen MR) is 88.0 cm³/mol. The standard InChI is InChI=1S/C16H11BrF4N4O/c17-8-3-9-11(22-6-13-24-25-15(26-13)7-1-2-7)5-12(16(19,20)21)23-14(9)10(18)4-8/h3-5,7H,1-2,6H2,(H,22,23). The van der Waals surface area contributed by atoms with Crippen LogP contribution < -0.4 is 5.32 Å². The lowest BCUT2D eigenvalue weighted by Gasteiger charge is -2.13. The number of nitrogens with zero attached hydrogens (tertiary/aromatic N) is 3. The second-order valence-electron chi connectivity index (χ2n) is 6.00. The first kappa shape index (κ1) is 17.2. The lowest BCUT2D eigenvalue weighted by Crippen LogP contribution is -2.10. The van der Waals surface area contributed by atoms with Crippen molar-refractivity contribution in [3.05, 3.63) is 46.0 Å². The summed E-state index contributed by atoms with van der Waals surface area (Å²) in [5.74, 6) is 0.212. The average molecular weight is 431 g/mol. The summed E-state index contributed by atoms with van der Waals surface area (Å²) < 4.78 is 59.3. The number of nitrogens with one attached hydrogen (secondary N) is 1. The zero-order valence-electron chi connectivity index (χ0n) is 13.1. The molecule has 0 bridgehead atoms. The largest absolute Gasteiger partial charge is 0.433 e. The number of anilines is 1. The van der Waals surface area contributed by atoms with Crippen LogP contribution in [0.3, 0.4) is 0 Å². The summed E-state index contributed by atoms with van der Waals surface area (Å²) in [6.45, 7) is 0.0181. The molecule has 1 saturated carbocycles. The fraction of sp³-hybridized carbons (Fsp3) is 0.312. The summed E-state index contributed by atoms with van der Waals surface area (Å²) >= 11 is 3.14. The molecular weight excluding hydrogens is 420 g/mol. The summed E-state index contributed by atoms with van der Waals surface area (Å²) in [6.07, 6.45) is -2.72. The number of benzene rings is 1. The monoisotopic (exact) mass is 430 g/mol. The Morgan fingerprint density at radius 2 is 1.96 bits per heavy atom. The van der Waals surface area contributed by atoms with Crippen LogP contribution in [0.4, 0.5) is 23.2 Å². The van der Waals surface area contributed by atoms with E-state index in [0.29, 0.717) is 10.4 Å². The summed E-state index contributed by atoms with van der Waals surface area (Å²) in [7, 11) is 0. The minimum Gasteiger partial charge on any atom is -0.423 e. The highest BCUT2D eigenvalue weighted by molar-refractivity contribution is 9.10. The third-order valence-corrected chi connectivity index (χ3v) is 4.42. The van der Waals surface area contributed by atoms with Crippen LogP contribution in [-0.2, 0) is 12.7 Å². The molecular formula is C16H11BrF4N4O. The SMILES string of the molecule is Fc1cc(Br)cc2c(NCc3nnc(C4CC4)o3)cc(C(F)(F)F)nc12. The molecule has 0 atom stereocenters. The summed E-state index contributed by atoms with van der Waals surface area (Å²) in [4.78, 5) is 3.43. The first-order valence-electron chi connectivity index (χ1n) is 7.74. The zero-order chi connectivity index (χ0) is 18.5. The molecule has 0 amide bonds. The van der Waals surface area contributed by atoms with Crippen molar-refractivity contribution in [3.63, 3.8) is 0 Å². The highest BCUT2D eigenvalue weighted by atomic mass is 79.9. The second kappa shape index (κ2) is 6.19. The van der Waals surface area contributed by atoms with Crippen molar-refractivity contribution < 1.29 is 22.0 Å². The number of alkyl halides is 3. The Bertz CT molecular complexity index is 984. The molecule has 1 N–H and O–H groups in total. The molecule has 2 heterocycles. The highest BCUT2D eigenvalue weighted by Crippen LogP contribution is 2.39. The van der Waals surface area contributed by atoms with E-state index in [9.17, 15) is 17.6 Å². The molecule has 1 fully saturated rings. The molecule has 0 spiro atoms. The van der Waals surface area contributed by atoms with Crippen LogP contribution in [0.25, 0.3) is 10.9 Å². The molecule has 5 nitrogen and oxygen atoms in total. The van der Waals surface area contributed by atoms with E-state index in [-0.39, 0.29) is 34.9 Å². The van der Waals surface area contributed by atoms with Gasteiger partial charge in [0, 0.05) is 21.5 Å². The number of fused-ring (bicyclic) bond motifs is 1. The Morgan fingerprint density at radius 1 is 1.19 bits per heavy atom. The molecule has 1 aliphatic rings. The Labute approximate surface area is 152 Å². The molecule has 0 aliphatic heterocycles. The smallest absolute Gasteiger partial charge is 0.423 e. The number of rotatable bonds is 4. The van der Waals surface area contributed by atoms with Crippen molar-refractivity contribution in [2.24, 2.45) is 0 Å².